The Balaban J connectivity index is 0.850. The summed E-state index contributed by atoms with van der Waals surface area (Å²) < 4.78 is 85.6. The van der Waals surface area contributed by atoms with Gasteiger partial charge in [0, 0.05) is 0 Å². The summed E-state index contributed by atoms with van der Waals surface area (Å²) in [6, 6.07) is -7.66. The largest absolute Gasteiger partial charge is 0.394 e. The maximum Gasteiger partial charge on any atom is 0.187 e. The van der Waals surface area contributed by atoms with Crippen LogP contribution in [0.25, 0.3) is 0 Å². The van der Waals surface area contributed by atoms with Crippen LogP contribution >= 0.6 is 0 Å². The van der Waals surface area contributed by atoms with E-state index in [1.54, 1.807) is 0 Å². The van der Waals surface area contributed by atoms with Crippen LogP contribution in [-0.4, -0.2) is 405 Å². The molecule has 40 atom stereocenters. The Hall–Kier alpha value is -1.64. The smallest absolute Gasteiger partial charge is 0.187 e. The van der Waals surface area contributed by atoms with Gasteiger partial charge in [-0.15, -0.1) is 0 Å². The van der Waals surface area contributed by atoms with Crippen LogP contribution < -0.4 is 28.7 Å². The lowest BCUT2D eigenvalue weighted by Gasteiger charge is -2.50. The molecule has 0 spiro atoms. The fourth-order valence-corrected chi connectivity index (χ4v) is 11.7. The predicted molar refractivity (Wildman–Crippen MR) is 274 cm³/mol. The fraction of sp³-hybridized carbons (Fsp3) is 1.00. The van der Waals surface area contributed by atoms with Crippen LogP contribution in [0.15, 0.2) is 0 Å². The maximum atomic E-state index is 11.5. The summed E-state index contributed by atoms with van der Waals surface area (Å²) in [7, 11) is 0. The van der Waals surface area contributed by atoms with Gasteiger partial charge in [-0.25, -0.2) is 0 Å². The molecule has 520 valence electrons. The van der Waals surface area contributed by atoms with E-state index in [1.807, 2.05) is 0 Å². The number of ether oxygens (including phenoxy) is 15. The lowest BCUT2D eigenvalue weighted by molar-refractivity contribution is -0.392. The normalized spacial score (nSPS) is 53.6. The zero-order valence-corrected chi connectivity index (χ0v) is 47.2. The minimum atomic E-state index is -2.22. The molecule has 8 rings (SSSR count). The molecule has 0 bridgehead atoms. The van der Waals surface area contributed by atoms with E-state index in [1.165, 1.54) is 0 Å². The van der Waals surface area contributed by atoms with Gasteiger partial charge in [0.25, 0.3) is 0 Å². The molecule has 0 aromatic carbocycles. The Morgan fingerprint density at radius 2 is 0.393 bits per heavy atom. The molecule has 41 heteroatoms. The molecule has 0 radical (unpaired) electrons. The monoisotopic (exact) mass is 1310 g/mol. The molecule has 41 nitrogen and oxygen atoms in total. The lowest BCUT2D eigenvalue weighted by Crippen LogP contribution is -2.70. The number of hydrogen-bond acceptors (Lipinski definition) is 41. The van der Waals surface area contributed by atoms with Crippen molar-refractivity contribution in [3.8, 4) is 0 Å². The van der Waals surface area contributed by atoms with E-state index in [4.69, 9.17) is 99.7 Å². The predicted octanol–water partition coefficient (Wildman–Crippen LogP) is -18.6. The summed E-state index contributed by atoms with van der Waals surface area (Å²) in [4.78, 5) is 0. The molecule has 8 saturated heterocycles. The summed E-state index contributed by atoms with van der Waals surface area (Å²) in [5.41, 5.74) is 30.6. The van der Waals surface area contributed by atoms with Crippen molar-refractivity contribution in [2.24, 2.45) is 28.7 Å². The minimum Gasteiger partial charge on any atom is -0.394 e. The number of aliphatic hydroxyl groups is 21. The summed E-state index contributed by atoms with van der Waals surface area (Å²) >= 11 is 0. The first-order valence-electron chi connectivity index (χ1n) is 28.6. The van der Waals surface area contributed by atoms with Crippen LogP contribution in [0.3, 0.4) is 0 Å². The first kappa shape index (κ1) is 73.2. The van der Waals surface area contributed by atoms with Crippen molar-refractivity contribution in [2.75, 3.05) is 52.9 Å². The van der Waals surface area contributed by atoms with Crippen molar-refractivity contribution >= 4 is 0 Å². The topological polar surface area (TPSA) is 693 Å². The standard InChI is InChI=1S/C48H87N5O36/c49-17-24(64)34(10(2-55)75-41(17)74)83-43-21(53)27(67)37(13(5-58)79-43)87-46-32(72)29(69)39(15(7-60)81-46)89-48-33(73)30(70)40(16(8-61)82-48)88-47-31(71)28(68)38(14(6-59)80-47)86-45-20(52)26(66)36(12(4-57)78-45)85-44-19(51)25(65)35(11(3-56)77-44)84-42-18(50)23(63)22(62)9(1-54)76-42/h9-48,54-74H,1-8,49-53H2. The average molecular weight is 1310 g/mol. The highest BCUT2D eigenvalue weighted by Gasteiger charge is 2.59. The van der Waals surface area contributed by atoms with E-state index in [0.29, 0.717) is 0 Å². The quantitative estimate of drug-likeness (QED) is 0.0479. The summed E-state index contributed by atoms with van der Waals surface area (Å²) in [6.45, 7) is -7.38. The van der Waals surface area contributed by atoms with Gasteiger partial charge >= 0.3 is 0 Å². The van der Waals surface area contributed by atoms with Crippen LogP contribution in [0, 0.1) is 0 Å². The Morgan fingerprint density at radius 1 is 0.202 bits per heavy atom. The summed E-state index contributed by atoms with van der Waals surface area (Å²) in [5.74, 6) is 0. The van der Waals surface area contributed by atoms with Crippen LogP contribution in [0.1, 0.15) is 0 Å². The molecule has 31 N–H and O–H groups in total. The highest BCUT2D eigenvalue weighted by atomic mass is 16.8. The van der Waals surface area contributed by atoms with E-state index in [-0.39, 0.29) is 0 Å². The number of aliphatic hydroxyl groups excluding tert-OH is 21. The first-order valence-corrected chi connectivity index (χ1v) is 28.6. The van der Waals surface area contributed by atoms with Gasteiger partial charge in [0.15, 0.2) is 50.3 Å². The van der Waals surface area contributed by atoms with Crippen LogP contribution in [0.4, 0.5) is 0 Å². The molecule has 40 unspecified atom stereocenters. The molecule has 8 aliphatic heterocycles. The van der Waals surface area contributed by atoms with E-state index >= 15 is 0 Å². The Morgan fingerprint density at radius 3 is 0.652 bits per heavy atom. The Labute approximate surface area is 504 Å². The van der Waals surface area contributed by atoms with Crippen molar-refractivity contribution in [1.82, 2.24) is 0 Å². The van der Waals surface area contributed by atoms with Crippen LogP contribution in [0.5, 0.6) is 0 Å². The van der Waals surface area contributed by atoms with Gasteiger partial charge in [-0.1, -0.05) is 0 Å². The third-order valence-electron chi connectivity index (χ3n) is 17.1. The SMILES string of the molecule is NC1C(OC2C(CO)OC(OC3C(CO)OC(OC4C(CO)OC(OC5C(CO)OC(OC6C(CO)OC(OC7C(CO)OC(OC8C(CO)OC(O)C(N)C8O)C(N)C7O)C(O)C6O)C(O)C5O)C(O)C4O)C(N)C3O)C(N)C2O)OC(CO)C(O)C1O. The van der Waals surface area contributed by atoms with Gasteiger partial charge in [-0.05, 0) is 0 Å². The molecule has 0 saturated carbocycles. The second kappa shape index (κ2) is 31.5. The van der Waals surface area contributed by atoms with E-state index in [2.05, 4.69) is 0 Å². The van der Waals surface area contributed by atoms with E-state index in [9.17, 15) is 107 Å². The maximum absolute atomic E-state index is 11.5. The van der Waals surface area contributed by atoms with E-state index < -0.39 is 298 Å². The van der Waals surface area contributed by atoms with Crippen molar-refractivity contribution < 1.29 is 178 Å². The number of nitrogens with two attached hydrogens (primary N) is 5. The molecule has 0 amide bonds. The van der Waals surface area contributed by atoms with Crippen molar-refractivity contribution in [3.05, 3.63) is 0 Å². The molecule has 0 aromatic rings. The fourth-order valence-electron chi connectivity index (χ4n) is 11.7. The molecular weight excluding hydrogens is 1220 g/mol. The molecule has 89 heavy (non-hydrogen) atoms. The van der Waals surface area contributed by atoms with Crippen molar-refractivity contribution in [3.63, 3.8) is 0 Å². The molecular formula is C48H87N5O36. The Bertz CT molecular complexity index is 2140. The van der Waals surface area contributed by atoms with Gasteiger partial charge < -0.3 is 207 Å². The van der Waals surface area contributed by atoms with Gasteiger partial charge in [0.05, 0.1) is 83.1 Å². The van der Waals surface area contributed by atoms with Crippen molar-refractivity contribution in [1.29, 1.82) is 0 Å². The molecule has 8 aliphatic rings. The van der Waals surface area contributed by atoms with Crippen molar-refractivity contribution in [2.45, 2.75) is 245 Å². The number of hydrogen-bond donors (Lipinski definition) is 26. The molecule has 8 heterocycles. The molecule has 0 aliphatic carbocycles. The van der Waals surface area contributed by atoms with Gasteiger partial charge in [-0.3, -0.25) is 0 Å². The third-order valence-corrected chi connectivity index (χ3v) is 17.1. The van der Waals surface area contributed by atoms with Gasteiger partial charge in [-0.2, -0.15) is 0 Å². The second-order valence-corrected chi connectivity index (χ2v) is 22.8. The average Bonchev–Trinajstić information content (AvgIpc) is 1.02. The minimum absolute atomic E-state index is 0.761. The lowest BCUT2D eigenvalue weighted by atomic mass is 9.94. The van der Waals surface area contributed by atoms with E-state index in [0.717, 1.165) is 0 Å². The van der Waals surface area contributed by atoms with Gasteiger partial charge in [0.1, 0.15) is 165 Å². The molecule has 0 aromatic heterocycles. The van der Waals surface area contributed by atoms with Crippen LogP contribution in [-0.2, 0) is 71.1 Å². The number of rotatable bonds is 22. The Kier molecular flexibility index (Phi) is 25.9. The first-order chi connectivity index (χ1) is 42.2. The third kappa shape index (κ3) is 15.0. The summed E-state index contributed by atoms with van der Waals surface area (Å²) in [5, 5.41) is 225. The summed E-state index contributed by atoms with van der Waals surface area (Å²) in [6.07, 6.45) is -62.4. The highest BCUT2D eigenvalue weighted by Crippen LogP contribution is 2.38. The van der Waals surface area contributed by atoms with Gasteiger partial charge in [0.2, 0.25) is 0 Å². The zero-order valence-electron chi connectivity index (χ0n) is 47.2. The van der Waals surface area contributed by atoms with Crippen LogP contribution in [0.2, 0.25) is 0 Å². The second-order valence-electron chi connectivity index (χ2n) is 22.8. The molecule has 8 fully saturated rings. The zero-order chi connectivity index (χ0) is 65.4. The highest BCUT2D eigenvalue weighted by molar-refractivity contribution is 5.03.